The van der Waals surface area contributed by atoms with Gasteiger partial charge in [0.15, 0.2) is 5.76 Å². The number of amides is 2. The maximum atomic E-state index is 12.7. The molecule has 1 saturated heterocycles. The van der Waals surface area contributed by atoms with Crippen LogP contribution >= 0.6 is 0 Å². The largest absolute Gasteiger partial charge is 0.461 e. The summed E-state index contributed by atoms with van der Waals surface area (Å²) in [4.78, 5) is 31.0. The van der Waals surface area contributed by atoms with E-state index in [-0.39, 0.29) is 30.4 Å². The summed E-state index contributed by atoms with van der Waals surface area (Å²) < 4.78 is 16.1. The molecule has 32 heavy (non-hydrogen) atoms. The van der Waals surface area contributed by atoms with Crippen LogP contribution in [-0.4, -0.2) is 52.2 Å². The molecule has 0 radical (unpaired) electrons. The maximum absolute atomic E-state index is 12.7. The standard InChI is InChI=1S/C23H26N4O5/c1-15-13-27(14-16(2)31-15)23(29)18-7-5-17(6-8-18)12-24-20(28)9-10-21-25-22(26-32-21)19-4-3-11-30-19/h3-8,11,15-16H,9-10,12-14H2,1-2H3,(H,24,28). The number of nitrogens with one attached hydrogen (secondary N) is 1. The summed E-state index contributed by atoms with van der Waals surface area (Å²) in [6.45, 7) is 5.49. The smallest absolute Gasteiger partial charge is 0.254 e. The molecule has 9 heteroatoms. The Balaban J connectivity index is 1.23. The Morgan fingerprint density at radius 3 is 2.56 bits per heavy atom. The Morgan fingerprint density at radius 1 is 1.12 bits per heavy atom. The fourth-order valence-corrected chi connectivity index (χ4v) is 3.66. The van der Waals surface area contributed by atoms with Crippen LogP contribution in [0.2, 0.25) is 0 Å². The number of ether oxygens (including phenoxy) is 1. The minimum atomic E-state index is -0.126. The molecule has 9 nitrogen and oxygen atoms in total. The zero-order valence-electron chi connectivity index (χ0n) is 18.1. The Morgan fingerprint density at radius 2 is 1.88 bits per heavy atom. The molecule has 1 fully saturated rings. The zero-order chi connectivity index (χ0) is 22.5. The van der Waals surface area contributed by atoms with Gasteiger partial charge in [-0.25, -0.2) is 0 Å². The van der Waals surface area contributed by atoms with Crippen LogP contribution in [0.15, 0.2) is 51.6 Å². The van der Waals surface area contributed by atoms with E-state index in [1.807, 2.05) is 30.9 Å². The van der Waals surface area contributed by atoms with E-state index >= 15 is 0 Å². The van der Waals surface area contributed by atoms with Gasteiger partial charge in [0.1, 0.15) is 0 Å². The molecule has 0 saturated carbocycles. The van der Waals surface area contributed by atoms with Gasteiger partial charge in [-0.1, -0.05) is 17.3 Å². The molecular formula is C23H26N4O5. The first-order valence-corrected chi connectivity index (χ1v) is 10.6. The van der Waals surface area contributed by atoms with E-state index < -0.39 is 0 Å². The van der Waals surface area contributed by atoms with E-state index in [1.54, 1.807) is 24.3 Å². The molecule has 0 spiro atoms. The molecule has 0 bridgehead atoms. The number of furan rings is 1. The Hall–Kier alpha value is -3.46. The Kier molecular flexibility index (Phi) is 6.65. The third kappa shape index (κ3) is 5.42. The van der Waals surface area contributed by atoms with Crippen LogP contribution in [0.3, 0.4) is 0 Å². The molecule has 0 aliphatic carbocycles. The molecule has 4 rings (SSSR count). The van der Waals surface area contributed by atoms with Crippen LogP contribution in [0, 0.1) is 0 Å². The van der Waals surface area contributed by atoms with E-state index in [9.17, 15) is 9.59 Å². The predicted molar refractivity (Wildman–Crippen MR) is 115 cm³/mol. The highest BCUT2D eigenvalue weighted by Crippen LogP contribution is 2.17. The Bertz CT molecular complexity index is 1030. The summed E-state index contributed by atoms with van der Waals surface area (Å²) >= 11 is 0. The van der Waals surface area contributed by atoms with Crippen molar-refractivity contribution in [3.63, 3.8) is 0 Å². The van der Waals surface area contributed by atoms with E-state index in [0.29, 0.717) is 49.1 Å². The monoisotopic (exact) mass is 438 g/mol. The highest BCUT2D eigenvalue weighted by atomic mass is 16.5. The van der Waals surface area contributed by atoms with Gasteiger partial charge in [-0.15, -0.1) is 0 Å². The lowest BCUT2D eigenvalue weighted by atomic mass is 10.1. The molecule has 1 aromatic carbocycles. The van der Waals surface area contributed by atoms with Crippen molar-refractivity contribution in [2.24, 2.45) is 0 Å². The van der Waals surface area contributed by atoms with Crippen LogP contribution in [0.5, 0.6) is 0 Å². The summed E-state index contributed by atoms with van der Waals surface area (Å²) in [5, 5.41) is 6.71. The fraction of sp³-hybridized carbons (Fsp3) is 0.391. The van der Waals surface area contributed by atoms with Crippen LogP contribution in [0.4, 0.5) is 0 Å². The summed E-state index contributed by atoms with van der Waals surface area (Å²) in [5.74, 6) is 1.13. The van der Waals surface area contributed by atoms with Gasteiger partial charge in [-0.3, -0.25) is 9.59 Å². The van der Waals surface area contributed by atoms with Gasteiger partial charge in [-0.05, 0) is 43.7 Å². The molecule has 2 amide bonds. The molecule has 2 unspecified atom stereocenters. The Labute approximate surface area is 185 Å². The van der Waals surface area contributed by atoms with E-state index in [4.69, 9.17) is 13.7 Å². The number of morpholine rings is 1. The normalized spacial score (nSPS) is 18.5. The van der Waals surface area contributed by atoms with E-state index in [2.05, 4.69) is 15.5 Å². The number of carbonyl (C=O) groups excluding carboxylic acids is 2. The number of aromatic nitrogens is 2. The van der Waals surface area contributed by atoms with E-state index in [0.717, 1.165) is 5.56 Å². The number of aryl methyl sites for hydroxylation is 1. The second-order valence-corrected chi connectivity index (χ2v) is 7.93. The number of nitrogens with zero attached hydrogens (tertiary/aromatic N) is 3. The van der Waals surface area contributed by atoms with Crippen LogP contribution < -0.4 is 5.32 Å². The average Bonchev–Trinajstić information content (AvgIpc) is 3.47. The molecule has 1 aliphatic rings. The van der Waals surface area contributed by atoms with Gasteiger partial charge in [-0.2, -0.15) is 4.98 Å². The van der Waals surface area contributed by atoms with Gasteiger partial charge < -0.3 is 23.9 Å². The highest BCUT2D eigenvalue weighted by Gasteiger charge is 2.26. The van der Waals surface area contributed by atoms with Crippen LogP contribution in [-0.2, 0) is 22.5 Å². The van der Waals surface area contributed by atoms with Gasteiger partial charge in [0, 0.05) is 38.0 Å². The minimum absolute atomic E-state index is 0.00365. The van der Waals surface area contributed by atoms with Gasteiger partial charge >= 0.3 is 0 Å². The van der Waals surface area contributed by atoms with Gasteiger partial charge in [0.25, 0.3) is 5.91 Å². The second-order valence-electron chi connectivity index (χ2n) is 7.93. The fourth-order valence-electron chi connectivity index (χ4n) is 3.66. The molecule has 1 aliphatic heterocycles. The summed E-state index contributed by atoms with van der Waals surface area (Å²) in [5.41, 5.74) is 1.54. The summed E-state index contributed by atoms with van der Waals surface area (Å²) in [6.07, 6.45) is 2.15. The third-order valence-electron chi connectivity index (χ3n) is 5.17. The molecule has 3 heterocycles. The first-order chi connectivity index (χ1) is 15.5. The first kappa shape index (κ1) is 21.8. The van der Waals surface area contributed by atoms with Crippen molar-refractivity contribution in [1.82, 2.24) is 20.4 Å². The second kappa shape index (κ2) is 9.78. The predicted octanol–water partition coefficient (Wildman–Crippen LogP) is 2.83. The van der Waals surface area contributed by atoms with Crippen molar-refractivity contribution in [3.8, 4) is 11.6 Å². The number of benzene rings is 1. The van der Waals surface area contributed by atoms with Crippen molar-refractivity contribution in [1.29, 1.82) is 0 Å². The highest BCUT2D eigenvalue weighted by molar-refractivity contribution is 5.94. The van der Waals surface area contributed by atoms with Gasteiger partial charge in [0.05, 0.1) is 18.5 Å². The molecule has 3 aromatic rings. The number of carbonyl (C=O) groups is 2. The van der Waals surface area contributed by atoms with E-state index in [1.165, 1.54) is 6.26 Å². The van der Waals surface area contributed by atoms with Crippen molar-refractivity contribution in [2.75, 3.05) is 13.1 Å². The molecule has 168 valence electrons. The first-order valence-electron chi connectivity index (χ1n) is 10.6. The molecule has 2 atom stereocenters. The minimum Gasteiger partial charge on any atom is -0.461 e. The lowest BCUT2D eigenvalue weighted by Crippen LogP contribution is -2.48. The number of hydrogen-bond donors (Lipinski definition) is 1. The van der Waals surface area contributed by atoms with Gasteiger partial charge in [0.2, 0.25) is 17.6 Å². The van der Waals surface area contributed by atoms with Crippen LogP contribution in [0.1, 0.15) is 42.1 Å². The topological polar surface area (TPSA) is 111 Å². The summed E-state index contributed by atoms with van der Waals surface area (Å²) in [6, 6.07) is 10.8. The third-order valence-corrected chi connectivity index (χ3v) is 5.17. The summed E-state index contributed by atoms with van der Waals surface area (Å²) in [7, 11) is 0. The van der Waals surface area contributed by atoms with Crippen molar-refractivity contribution >= 4 is 11.8 Å². The molecule has 2 aromatic heterocycles. The molecular weight excluding hydrogens is 412 g/mol. The quantitative estimate of drug-likeness (QED) is 0.604. The zero-order valence-corrected chi connectivity index (χ0v) is 18.1. The molecule has 1 N–H and O–H groups in total. The SMILES string of the molecule is CC1CN(C(=O)c2ccc(CNC(=O)CCc3nc(-c4ccco4)no3)cc2)CC(C)O1. The van der Waals surface area contributed by atoms with Crippen molar-refractivity contribution in [3.05, 3.63) is 59.7 Å². The lowest BCUT2D eigenvalue weighted by molar-refractivity contribution is -0.121. The lowest BCUT2D eigenvalue weighted by Gasteiger charge is -2.35. The number of hydrogen-bond acceptors (Lipinski definition) is 7. The van der Waals surface area contributed by atoms with Crippen molar-refractivity contribution in [2.45, 2.75) is 45.4 Å². The van der Waals surface area contributed by atoms with Crippen molar-refractivity contribution < 1.29 is 23.3 Å². The van der Waals surface area contributed by atoms with Crippen LogP contribution in [0.25, 0.3) is 11.6 Å². The average molecular weight is 438 g/mol. The maximum Gasteiger partial charge on any atom is 0.254 e. The number of rotatable bonds is 7.